The van der Waals surface area contributed by atoms with Gasteiger partial charge >= 0.3 is 11.9 Å². The summed E-state index contributed by atoms with van der Waals surface area (Å²) in [5.74, 6) is -1.65. The van der Waals surface area contributed by atoms with Crippen LogP contribution >= 0.6 is 11.8 Å². The van der Waals surface area contributed by atoms with Crippen LogP contribution in [0.2, 0.25) is 0 Å². The Hall–Kier alpha value is -1.30. The SMILES string of the molecule is COC(=O)C1=C(C)C(=O)C(C(=O)OC)S1. The van der Waals surface area contributed by atoms with E-state index in [1.165, 1.54) is 21.1 Å². The molecule has 0 aliphatic carbocycles. The smallest absolute Gasteiger partial charge is 0.344 e. The lowest BCUT2D eigenvalue weighted by molar-refractivity contribution is -0.142. The second-order valence-electron chi connectivity index (χ2n) is 2.83. The quantitative estimate of drug-likeness (QED) is 0.501. The first-order valence-electron chi connectivity index (χ1n) is 4.10. The maximum Gasteiger partial charge on any atom is 0.344 e. The second kappa shape index (κ2) is 4.48. The number of ketones is 1. The highest BCUT2D eigenvalue weighted by molar-refractivity contribution is 8.06. The maximum atomic E-state index is 11.5. The third-order valence-corrected chi connectivity index (χ3v) is 3.32. The van der Waals surface area contributed by atoms with Crippen LogP contribution in [0.1, 0.15) is 6.92 Å². The lowest BCUT2D eigenvalue weighted by atomic mass is 10.1. The van der Waals surface area contributed by atoms with Crippen LogP contribution in [0.15, 0.2) is 10.5 Å². The van der Waals surface area contributed by atoms with Crippen molar-refractivity contribution in [2.75, 3.05) is 14.2 Å². The highest BCUT2D eigenvalue weighted by Crippen LogP contribution is 2.36. The molecule has 1 aliphatic rings. The van der Waals surface area contributed by atoms with Crippen molar-refractivity contribution in [1.29, 1.82) is 0 Å². The van der Waals surface area contributed by atoms with Crippen LogP contribution in [0.4, 0.5) is 0 Å². The fourth-order valence-corrected chi connectivity index (χ4v) is 2.29. The summed E-state index contributed by atoms with van der Waals surface area (Å²) in [4.78, 5) is 34.1. The minimum absolute atomic E-state index is 0.179. The van der Waals surface area contributed by atoms with Crippen molar-refractivity contribution in [2.45, 2.75) is 12.2 Å². The average Bonchev–Trinajstić information content (AvgIpc) is 2.54. The summed E-state index contributed by atoms with van der Waals surface area (Å²) in [5.41, 5.74) is 0.252. The summed E-state index contributed by atoms with van der Waals surface area (Å²) in [7, 11) is 2.42. The summed E-state index contributed by atoms with van der Waals surface area (Å²) in [5, 5.41) is -0.968. The van der Waals surface area contributed by atoms with Crippen molar-refractivity contribution in [3.05, 3.63) is 10.5 Å². The number of esters is 2. The van der Waals surface area contributed by atoms with Gasteiger partial charge in [0.25, 0.3) is 0 Å². The Balaban J connectivity index is 2.92. The molecule has 0 N–H and O–H groups in total. The zero-order chi connectivity index (χ0) is 11.6. The van der Waals surface area contributed by atoms with Crippen LogP contribution in [0.5, 0.6) is 0 Å². The number of thioether (sulfide) groups is 1. The van der Waals surface area contributed by atoms with Crippen LogP contribution in [0.25, 0.3) is 0 Å². The number of ether oxygens (including phenoxy) is 2. The Morgan fingerprint density at radius 2 is 1.87 bits per heavy atom. The largest absolute Gasteiger partial charge is 0.468 e. The molecule has 0 bridgehead atoms. The molecule has 15 heavy (non-hydrogen) atoms. The molecule has 0 aromatic rings. The summed E-state index contributed by atoms with van der Waals surface area (Å²) >= 11 is 0.873. The van der Waals surface area contributed by atoms with Crippen molar-refractivity contribution >= 4 is 29.5 Å². The van der Waals surface area contributed by atoms with Crippen LogP contribution in [0.3, 0.4) is 0 Å². The first kappa shape index (κ1) is 11.8. The lowest BCUT2D eigenvalue weighted by Crippen LogP contribution is -2.25. The van der Waals surface area contributed by atoms with Gasteiger partial charge in [0.15, 0.2) is 11.0 Å². The van der Waals surface area contributed by atoms with Crippen LogP contribution in [-0.4, -0.2) is 37.2 Å². The van der Waals surface area contributed by atoms with Gasteiger partial charge in [-0.15, -0.1) is 0 Å². The van der Waals surface area contributed by atoms with Crippen LogP contribution in [0, 0.1) is 0 Å². The molecule has 1 unspecified atom stereocenters. The monoisotopic (exact) mass is 230 g/mol. The van der Waals surface area contributed by atoms with E-state index < -0.39 is 23.0 Å². The Morgan fingerprint density at radius 1 is 1.27 bits per heavy atom. The number of hydrogen-bond acceptors (Lipinski definition) is 6. The Labute approximate surface area is 90.8 Å². The number of methoxy groups -OCH3 is 2. The molecule has 0 saturated carbocycles. The third-order valence-electron chi connectivity index (χ3n) is 1.97. The number of hydrogen-bond donors (Lipinski definition) is 0. The Kier molecular flexibility index (Phi) is 3.52. The standard InChI is InChI=1S/C9H10O5S/c1-4-5(10)7(9(12)14-3)15-6(4)8(11)13-2/h7H,1-3H3. The predicted molar refractivity (Wildman–Crippen MR) is 53.1 cm³/mol. The maximum absolute atomic E-state index is 11.5. The van der Waals surface area contributed by atoms with Gasteiger partial charge in [-0.1, -0.05) is 11.8 Å². The molecule has 0 fully saturated rings. The first-order chi connectivity index (χ1) is 7.02. The van der Waals surface area contributed by atoms with Gasteiger partial charge in [-0.25, -0.2) is 4.79 Å². The van der Waals surface area contributed by atoms with E-state index in [0.29, 0.717) is 0 Å². The molecule has 5 nitrogen and oxygen atoms in total. The summed E-state index contributed by atoms with van der Waals surface area (Å²) in [6.45, 7) is 1.49. The van der Waals surface area contributed by atoms with Gasteiger partial charge in [0.1, 0.15) is 4.91 Å². The minimum Gasteiger partial charge on any atom is -0.468 e. The van der Waals surface area contributed by atoms with E-state index in [1.807, 2.05) is 0 Å². The van der Waals surface area contributed by atoms with E-state index >= 15 is 0 Å². The number of rotatable bonds is 2. The van der Waals surface area contributed by atoms with Gasteiger partial charge in [-0.3, -0.25) is 9.59 Å². The van der Waals surface area contributed by atoms with E-state index in [2.05, 4.69) is 9.47 Å². The van der Waals surface area contributed by atoms with Crippen molar-refractivity contribution in [3.63, 3.8) is 0 Å². The number of Topliss-reactive ketones (excluding diaryl/α,β-unsaturated/α-hetero) is 1. The van der Waals surface area contributed by atoms with E-state index in [0.717, 1.165) is 11.8 Å². The second-order valence-corrected chi connectivity index (χ2v) is 3.95. The topological polar surface area (TPSA) is 69.7 Å². The first-order valence-corrected chi connectivity index (χ1v) is 4.98. The minimum atomic E-state index is -0.968. The highest BCUT2D eigenvalue weighted by Gasteiger charge is 2.40. The number of carbonyl (C=O) groups excluding carboxylic acids is 3. The average molecular weight is 230 g/mol. The van der Waals surface area contributed by atoms with E-state index in [1.54, 1.807) is 0 Å². The Morgan fingerprint density at radius 3 is 2.33 bits per heavy atom. The van der Waals surface area contributed by atoms with Crippen molar-refractivity contribution in [2.24, 2.45) is 0 Å². The lowest BCUT2D eigenvalue weighted by Gasteiger charge is -2.04. The zero-order valence-corrected chi connectivity index (χ0v) is 9.34. The van der Waals surface area contributed by atoms with E-state index in [4.69, 9.17) is 0 Å². The van der Waals surface area contributed by atoms with Crippen LogP contribution in [-0.2, 0) is 23.9 Å². The fraction of sp³-hybridized carbons (Fsp3) is 0.444. The molecular weight excluding hydrogens is 220 g/mol. The Bertz CT molecular complexity index is 358. The molecule has 1 heterocycles. The van der Waals surface area contributed by atoms with Gasteiger partial charge in [-0.05, 0) is 6.92 Å². The normalized spacial score (nSPS) is 20.5. The van der Waals surface area contributed by atoms with Crippen molar-refractivity contribution in [1.82, 2.24) is 0 Å². The molecule has 6 heteroatoms. The van der Waals surface area contributed by atoms with Gasteiger partial charge in [0.05, 0.1) is 14.2 Å². The molecule has 82 valence electrons. The molecule has 0 aromatic heterocycles. The van der Waals surface area contributed by atoms with Crippen molar-refractivity contribution in [3.8, 4) is 0 Å². The number of carbonyl (C=O) groups is 3. The fourth-order valence-electron chi connectivity index (χ4n) is 1.12. The van der Waals surface area contributed by atoms with E-state index in [-0.39, 0.29) is 10.5 Å². The molecule has 0 saturated heterocycles. The summed E-state index contributed by atoms with van der Waals surface area (Å²) in [6, 6.07) is 0. The molecule has 1 atom stereocenters. The summed E-state index contributed by atoms with van der Waals surface area (Å²) in [6.07, 6.45) is 0. The van der Waals surface area contributed by atoms with Crippen LogP contribution < -0.4 is 0 Å². The zero-order valence-electron chi connectivity index (χ0n) is 8.53. The molecule has 0 radical (unpaired) electrons. The molecule has 0 spiro atoms. The number of allylic oxidation sites excluding steroid dienone is 1. The van der Waals surface area contributed by atoms with Crippen molar-refractivity contribution < 1.29 is 23.9 Å². The molecule has 1 rings (SSSR count). The molecule has 0 amide bonds. The summed E-state index contributed by atoms with van der Waals surface area (Å²) < 4.78 is 8.95. The predicted octanol–water partition coefficient (Wildman–Crippen LogP) is 0.291. The molecule has 0 aromatic carbocycles. The highest BCUT2D eigenvalue weighted by atomic mass is 32.2. The van der Waals surface area contributed by atoms with Gasteiger partial charge < -0.3 is 9.47 Å². The van der Waals surface area contributed by atoms with Gasteiger partial charge in [0, 0.05) is 5.57 Å². The van der Waals surface area contributed by atoms with E-state index in [9.17, 15) is 14.4 Å². The molecular formula is C9H10O5S. The van der Waals surface area contributed by atoms with Gasteiger partial charge in [-0.2, -0.15) is 0 Å². The molecule has 1 aliphatic heterocycles. The third kappa shape index (κ3) is 2.04. The van der Waals surface area contributed by atoms with Gasteiger partial charge in [0.2, 0.25) is 0 Å².